The van der Waals surface area contributed by atoms with Crippen molar-refractivity contribution in [1.29, 1.82) is 0 Å². The van der Waals surface area contributed by atoms with Gasteiger partial charge < -0.3 is 19.7 Å². The van der Waals surface area contributed by atoms with E-state index in [1.54, 1.807) is 0 Å². The van der Waals surface area contributed by atoms with Crippen molar-refractivity contribution < 1.29 is 23.9 Å². The van der Waals surface area contributed by atoms with Crippen molar-refractivity contribution in [2.45, 2.75) is 153 Å². The van der Waals surface area contributed by atoms with Gasteiger partial charge in [-0.3, -0.25) is 4.21 Å². The molecule has 0 amide bonds. The summed E-state index contributed by atoms with van der Waals surface area (Å²) in [6.45, 7) is 0. The molecule has 0 spiro atoms. The Bertz CT molecular complexity index is 358. The Kier molecular flexibility index (Phi) is 14.5. The Morgan fingerprint density at radius 1 is 0.433 bits per heavy atom. The van der Waals surface area contributed by atoms with Crippen molar-refractivity contribution in [2.75, 3.05) is 0 Å². The van der Waals surface area contributed by atoms with Crippen LogP contribution >= 0.6 is 0 Å². The van der Waals surface area contributed by atoms with Gasteiger partial charge in [-0.15, -0.1) is 11.4 Å². The number of nitrogens with two attached hydrogens (primary N) is 2. The third kappa shape index (κ3) is 12.7. The molecule has 30 heavy (non-hydrogen) atoms. The minimum atomic E-state index is -3.11. The first-order valence-corrected chi connectivity index (χ1v) is 14.1. The highest BCUT2D eigenvalue weighted by Crippen LogP contribution is 2.19. The normalized spacial score (nSPS) is 25.2. The van der Waals surface area contributed by atoms with Crippen molar-refractivity contribution in [2.24, 2.45) is 0 Å². The van der Waals surface area contributed by atoms with E-state index in [0.29, 0.717) is 0 Å². The zero-order valence-corrected chi connectivity index (χ0v) is 20.1. The highest BCUT2D eigenvalue weighted by atomic mass is 32.2. The molecule has 0 aromatic heterocycles. The lowest BCUT2D eigenvalue weighted by Gasteiger charge is -2.27. The van der Waals surface area contributed by atoms with E-state index in [0.717, 1.165) is 24.2 Å². The van der Waals surface area contributed by atoms with Gasteiger partial charge in [-0.25, -0.2) is 0 Å². The van der Waals surface area contributed by atoms with Gasteiger partial charge in [0.25, 0.3) is 0 Å². The molecule has 0 bridgehead atoms. The minimum absolute atomic E-state index is 0.997. The van der Waals surface area contributed by atoms with Crippen LogP contribution in [0.4, 0.5) is 0 Å². The van der Waals surface area contributed by atoms with Crippen molar-refractivity contribution in [3.63, 3.8) is 0 Å². The van der Waals surface area contributed by atoms with Crippen LogP contribution in [-0.2, 0) is 11.4 Å². The van der Waals surface area contributed by atoms with Gasteiger partial charge in [0.1, 0.15) is 0 Å². The quantitative estimate of drug-likeness (QED) is 0.650. The van der Waals surface area contributed by atoms with Gasteiger partial charge in [-0.1, -0.05) is 25.7 Å². The van der Waals surface area contributed by atoms with E-state index < -0.39 is 11.4 Å². The number of hydrogen-bond donors (Lipinski definition) is 2. The average Bonchev–Trinajstić information content (AvgIpc) is 2.77. The van der Waals surface area contributed by atoms with E-state index in [4.69, 9.17) is 13.3 Å². The molecule has 0 aliphatic heterocycles. The van der Waals surface area contributed by atoms with Gasteiger partial charge in [0.2, 0.25) is 0 Å². The van der Waals surface area contributed by atoms with Crippen LogP contribution in [-0.4, -0.2) is 37.5 Å². The van der Waals surface area contributed by atoms with Gasteiger partial charge in [-0.05, 0) is 103 Å². The molecule has 4 saturated carbocycles. The molecule has 4 fully saturated rings. The Balaban J connectivity index is 0.000000182. The van der Waals surface area contributed by atoms with Crippen LogP contribution in [0.1, 0.15) is 128 Å². The monoisotopic (exact) mass is 444 g/mol. The maximum Gasteiger partial charge on any atom is 0.0861 e. The minimum Gasteiger partial charge on any atom is -0.784 e. The zero-order chi connectivity index (χ0) is 21.4. The van der Waals surface area contributed by atoms with Gasteiger partial charge in [-0.2, -0.15) is 0 Å². The van der Waals surface area contributed by atoms with Gasteiger partial charge in [0.05, 0.1) is 24.2 Å². The third-order valence-corrected chi connectivity index (χ3v) is 7.69. The van der Waals surface area contributed by atoms with E-state index in [9.17, 15) is 0 Å². The molecule has 0 atom stereocenters. The standard InChI is InChI=1S/2C12H23N.H2O3S/c2*1-3-7-11(8-4-1)13-12-9-5-2-6-10-12;1-4(2)3/h2*11-13H,1-10H2;(H2,1,2,3). The van der Waals surface area contributed by atoms with Crippen LogP contribution in [0, 0.1) is 0 Å². The number of hydrogen-bond acceptors (Lipinski definition) is 3. The molecule has 0 saturated heterocycles. The van der Waals surface area contributed by atoms with Crippen LogP contribution in [0.2, 0.25) is 0 Å². The molecule has 4 aliphatic carbocycles. The predicted octanol–water partition coefficient (Wildman–Crippen LogP) is 3.43. The Morgan fingerprint density at radius 2 is 0.600 bits per heavy atom. The molecule has 4 aliphatic rings. The van der Waals surface area contributed by atoms with Crippen LogP contribution in [0.15, 0.2) is 0 Å². The maximum absolute atomic E-state index is 8.44. The van der Waals surface area contributed by atoms with E-state index >= 15 is 0 Å². The lowest BCUT2D eigenvalue weighted by atomic mass is 9.91. The van der Waals surface area contributed by atoms with Crippen LogP contribution < -0.4 is 10.6 Å². The zero-order valence-electron chi connectivity index (χ0n) is 19.2. The molecule has 0 aromatic rings. The number of quaternary nitrogens is 2. The second kappa shape index (κ2) is 16.6. The summed E-state index contributed by atoms with van der Waals surface area (Å²) in [5.41, 5.74) is 0. The first-order chi connectivity index (χ1) is 14.6. The second-order valence-corrected chi connectivity index (χ2v) is 10.6. The van der Waals surface area contributed by atoms with Crippen molar-refractivity contribution in [3.05, 3.63) is 0 Å². The first-order valence-electron chi connectivity index (χ1n) is 13.1. The molecule has 0 radical (unpaired) electrons. The molecule has 0 aromatic carbocycles. The van der Waals surface area contributed by atoms with E-state index in [2.05, 4.69) is 10.6 Å². The van der Waals surface area contributed by atoms with Crippen LogP contribution in [0.3, 0.4) is 0 Å². The highest BCUT2D eigenvalue weighted by Gasteiger charge is 2.23. The Morgan fingerprint density at radius 3 is 0.767 bits per heavy atom. The summed E-state index contributed by atoms with van der Waals surface area (Å²) >= 11 is -3.11. The predicted molar refractivity (Wildman–Crippen MR) is 121 cm³/mol. The van der Waals surface area contributed by atoms with Crippen molar-refractivity contribution >= 4 is 11.4 Å². The van der Waals surface area contributed by atoms with Gasteiger partial charge >= 0.3 is 0 Å². The largest absolute Gasteiger partial charge is 0.784 e. The summed E-state index contributed by atoms with van der Waals surface area (Å²) < 4.78 is 25.3. The third-order valence-electron chi connectivity index (χ3n) is 7.69. The SMILES string of the molecule is C1CCC([NH2+]C2CCCCC2)CC1.C1CCC([NH2+]C2CCCCC2)CC1.O=S([O-])[O-]. The fourth-order valence-electron chi connectivity index (χ4n) is 6.08. The molecule has 5 nitrogen and oxygen atoms in total. The van der Waals surface area contributed by atoms with Crippen LogP contribution in [0.25, 0.3) is 0 Å². The molecule has 4 rings (SSSR count). The Hall–Kier alpha value is -0.0100. The fourth-order valence-corrected chi connectivity index (χ4v) is 6.08. The lowest BCUT2D eigenvalue weighted by Crippen LogP contribution is -2.95. The van der Waals surface area contributed by atoms with Gasteiger partial charge in [0.15, 0.2) is 0 Å². The lowest BCUT2D eigenvalue weighted by molar-refractivity contribution is -0.726. The van der Waals surface area contributed by atoms with Crippen LogP contribution in [0.5, 0.6) is 0 Å². The van der Waals surface area contributed by atoms with Crippen molar-refractivity contribution in [3.8, 4) is 0 Å². The summed E-state index contributed by atoms with van der Waals surface area (Å²) in [6.07, 6.45) is 29.9. The van der Waals surface area contributed by atoms with E-state index in [-0.39, 0.29) is 0 Å². The smallest absolute Gasteiger partial charge is 0.0861 e. The topological polar surface area (TPSA) is 96.4 Å². The fraction of sp³-hybridized carbons (Fsp3) is 1.00. The molecule has 0 heterocycles. The molecular formula is C24H48N2O3S. The maximum atomic E-state index is 8.44. The Labute approximate surface area is 188 Å². The van der Waals surface area contributed by atoms with E-state index in [1.165, 1.54) is 128 Å². The number of rotatable bonds is 4. The summed E-state index contributed by atoms with van der Waals surface area (Å²) in [5, 5.41) is 5.44. The summed E-state index contributed by atoms with van der Waals surface area (Å²) in [7, 11) is 0. The molecule has 178 valence electrons. The molecule has 4 N–H and O–H groups in total. The average molecular weight is 445 g/mol. The molecule has 0 unspecified atom stereocenters. The molecule has 6 heteroatoms. The van der Waals surface area contributed by atoms with Gasteiger partial charge in [0, 0.05) is 0 Å². The summed E-state index contributed by atoms with van der Waals surface area (Å²) in [6, 6.07) is 3.99. The highest BCUT2D eigenvalue weighted by molar-refractivity contribution is 7.72. The summed E-state index contributed by atoms with van der Waals surface area (Å²) in [5.74, 6) is 0. The van der Waals surface area contributed by atoms with Crippen molar-refractivity contribution in [1.82, 2.24) is 0 Å². The first kappa shape index (κ1) is 26.2. The van der Waals surface area contributed by atoms with E-state index in [1.807, 2.05) is 0 Å². The second-order valence-electron chi connectivity index (χ2n) is 10.2. The molecular weight excluding hydrogens is 396 g/mol. The summed E-state index contributed by atoms with van der Waals surface area (Å²) in [4.78, 5) is 0.